The Morgan fingerprint density at radius 3 is 2.24 bits per heavy atom. The molecule has 0 aliphatic carbocycles. The lowest BCUT2D eigenvalue weighted by atomic mass is 10.1. The van der Waals surface area contributed by atoms with Crippen molar-refractivity contribution in [1.82, 2.24) is 4.31 Å². The summed E-state index contributed by atoms with van der Waals surface area (Å²) in [7, 11) is -3.51. The summed E-state index contributed by atoms with van der Waals surface area (Å²) in [6.07, 6.45) is 0. The molecule has 0 aromatic heterocycles. The summed E-state index contributed by atoms with van der Waals surface area (Å²) < 4.78 is 32.7. The van der Waals surface area contributed by atoms with E-state index in [1.54, 1.807) is 28.6 Å². The first kappa shape index (κ1) is 14.3. The van der Waals surface area contributed by atoms with Crippen molar-refractivity contribution in [2.75, 3.05) is 19.8 Å². The topological polar surface area (TPSA) is 46.6 Å². The summed E-state index contributed by atoms with van der Waals surface area (Å²) in [5.41, 5.74) is 0.955. The average molecular weight is 303 g/mol. The van der Waals surface area contributed by atoms with Crippen molar-refractivity contribution in [3.05, 3.63) is 66.2 Å². The number of rotatable bonds is 3. The predicted molar refractivity (Wildman–Crippen MR) is 80.3 cm³/mol. The van der Waals surface area contributed by atoms with Crippen molar-refractivity contribution >= 4 is 10.0 Å². The molecule has 0 amide bonds. The quantitative estimate of drug-likeness (QED) is 0.875. The van der Waals surface area contributed by atoms with Gasteiger partial charge in [0.15, 0.2) is 0 Å². The van der Waals surface area contributed by atoms with Gasteiger partial charge < -0.3 is 4.74 Å². The fourth-order valence-electron chi connectivity index (χ4n) is 2.54. The Balaban J connectivity index is 1.99. The third kappa shape index (κ3) is 2.85. The van der Waals surface area contributed by atoms with Gasteiger partial charge in [0.1, 0.15) is 0 Å². The molecule has 2 aromatic rings. The van der Waals surface area contributed by atoms with E-state index in [1.807, 2.05) is 36.4 Å². The number of nitrogens with zero attached hydrogens (tertiary/aromatic N) is 1. The minimum atomic E-state index is -3.51. The van der Waals surface area contributed by atoms with E-state index in [2.05, 4.69) is 0 Å². The van der Waals surface area contributed by atoms with Gasteiger partial charge in [-0.05, 0) is 17.7 Å². The second-order valence-corrected chi connectivity index (χ2v) is 6.82. The van der Waals surface area contributed by atoms with E-state index < -0.39 is 10.0 Å². The lowest BCUT2D eigenvalue weighted by molar-refractivity contribution is 0.0321. The largest absolute Gasteiger partial charge is 0.378 e. The highest BCUT2D eigenvalue weighted by molar-refractivity contribution is 7.89. The van der Waals surface area contributed by atoms with Gasteiger partial charge in [-0.1, -0.05) is 48.5 Å². The first-order chi connectivity index (χ1) is 10.2. The zero-order valence-corrected chi connectivity index (χ0v) is 12.4. The van der Waals surface area contributed by atoms with Gasteiger partial charge >= 0.3 is 0 Å². The molecule has 0 saturated carbocycles. The fourth-order valence-corrected chi connectivity index (χ4v) is 4.15. The summed E-state index contributed by atoms with van der Waals surface area (Å²) in [4.78, 5) is 0.327. The Labute approximate surface area is 125 Å². The van der Waals surface area contributed by atoms with Crippen molar-refractivity contribution in [3.63, 3.8) is 0 Å². The van der Waals surface area contributed by atoms with Crippen LogP contribution in [-0.4, -0.2) is 32.5 Å². The Bertz CT molecular complexity index is 686. The molecule has 1 aliphatic rings. The molecule has 0 N–H and O–H groups in total. The molecule has 4 nitrogen and oxygen atoms in total. The Hall–Kier alpha value is -1.69. The van der Waals surface area contributed by atoms with E-state index in [0.717, 1.165) is 5.56 Å². The van der Waals surface area contributed by atoms with Crippen LogP contribution in [0.5, 0.6) is 0 Å². The lowest BCUT2D eigenvalue weighted by Crippen LogP contribution is -2.43. The van der Waals surface area contributed by atoms with E-state index in [-0.39, 0.29) is 6.04 Å². The predicted octanol–water partition coefficient (Wildman–Crippen LogP) is 2.45. The maximum Gasteiger partial charge on any atom is 0.243 e. The molecule has 1 atom stereocenters. The molecule has 0 radical (unpaired) electrons. The van der Waals surface area contributed by atoms with Crippen LogP contribution in [-0.2, 0) is 14.8 Å². The second-order valence-electron chi connectivity index (χ2n) is 4.93. The molecule has 2 aromatic carbocycles. The lowest BCUT2D eigenvalue weighted by Gasteiger charge is -2.34. The standard InChI is InChI=1S/C16H17NO3S/c18-21(19,15-9-5-2-6-10-15)17-11-12-20-13-16(17)14-7-3-1-4-8-14/h1-10,16H,11-13H2. The van der Waals surface area contributed by atoms with Crippen LogP contribution in [0.2, 0.25) is 0 Å². The molecule has 1 unspecified atom stereocenters. The van der Waals surface area contributed by atoms with E-state index in [9.17, 15) is 8.42 Å². The van der Waals surface area contributed by atoms with Gasteiger partial charge in [-0.25, -0.2) is 8.42 Å². The molecular formula is C16H17NO3S. The van der Waals surface area contributed by atoms with Gasteiger partial charge in [0.05, 0.1) is 24.2 Å². The highest BCUT2D eigenvalue weighted by atomic mass is 32.2. The van der Waals surface area contributed by atoms with Gasteiger partial charge in [0.2, 0.25) is 10.0 Å². The third-order valence-electron chi connectivity index (χ3n) is 3.61. The fraction of sp³-hybridized carbons (Fsp3) is 0.250. The van der Waals surface area contributed by atoms with Crippen molar-refractivity contribution in [1.29, 1.82) is 0 Å². The Kier molecular flexibility index (Phi) is 4.05. The molecule has 110 valence electrons. The molecule has 3 rings (SSSR count). The molecule has 1 saturated heterocycles. The zero-order chi connectivity index (χ0) is 14.7. The van der Waals surface area contributed by atoms with Crippen molar-refractivity contribution in [3.8, 4) is 0 Å². The molecular weight excluding hydrogens is 286 g/mol. The van der Waals surface area contributed by atoms with Crippen LogP contribution >= 0.6 is 0 Å². The Morgan fingerprint density at radius 2 is 1.57 bits per heavy atom. The highest BCUT2D eigenvalue weighted by Crippen LogP contribution is 2.29. The van der Waals surface area contributed by atoms with Crippen molar-refractivity contribution in [2.24, 2.45) is 0 Å². The maximum atomic E-state index is 12.8. The smallest absolute Gasteiger partial charge is 0.243 e. The molecule has 5 heteroatoms. The Morgan fingerprint density at radius 1 is 0.952 bits per heavy atom. The monoisotopic (exact) mass is 303 g/mol. The minimum Gasteiger partial charge on any atom is -0.378 e. The molecule has 21 heavy (non-hydrogen) atoms. The summed E-state index contributed by atoms with van der Waals surface area (Å²) >= 11 is 0. The SMILES string of the molecule is O=S(=O)(c1ccccc1)N1CCOCC1c1ccccc1. The van der Waals surface area contributed by atoms with Crippen molar-refractivity contribution < 1.29 is 13.2 Å². The van der Waals surface area contributed by atoms with Crippen LogP contribution in [0.25, 0.3) is 0 Å². The number of morpholine rings is 1. The third-order valence-corrected chi connectivity index (χ3v) is 5.54. The highest BCUT2D eigenvalue weighted by Gasteiger charge is 2.34. The van der Waals surface area contributed by atoms with E-state index >= 15 is 0 Å². The summed E-state index contributed by atoms with van der Waals surface area (Å²) in [5, 5.41) is 0. The van der Waals surface area contributed by atoms with Gasteiger partial charge in [0, 0.05) is 6.54 Å². The van der Waals surface area contributed by atoms with E-state index in [0.29, 0.717) is 24.7 Å². The molecule has 1 aliphatic heterocycles. The molecule has 0 spiro atoms. The van der Waals surface area contributed by atoms with Crippen molar-refractivity contribution in [2.45, 2.75) is 10.9 Å². The van der Waals surface area contributed by atoms with Crippen LogP contribution in [0.15, 0.2) is 65.6 Å². The minimum absolute atomic E-state index is 0.273. The number of benzene rings is 2. The van der Waals surface area contributed by atoms with Gasteiger partial charge in [0.25, 0.3) is 0 Å². The first-order valence-electron chi connectivity index (χ1n) is 6.89. The van der Waals surface area contributed by atoms with Crippen LogP contribution in [0.1, 0.15) is 11.6 Å². The maximum absolute atomic E-state index is 12.8. The van der Waals surface area contributed by atoms with Gasteiger partial charge in [-0.15, -0.1) is 0 Å². The summed E-state index contributed by atoms with van der Waals surface area (Å²) in [6.45, 7) is 1.18. The first-order valence-corrected chi connectivity index (χ1v) is 8.33. The number of hydrogen-bond donors (Lipinski definition) is 0. The van der Waals surface area contributed by atoms with Gasteiger partial charge in [-0.3, -0.25) is 0 Å². The summed E-state index contributed by atoms with van der Waals surface area (Å²) in [5.74, 6) is 0. The van der Waals surface area contributed by atoms with Gasteiger partial charge in [-0.2, -0.15) is 4.31 Å². The second kappa shape index (κ2) is 5.97. The van der Waals surface area contributed by atoms with Crippen LogP contribution < -0.4 is 0 Å². The number of ether oxygens (including phenoxy) is 1. The number of hydrogen-bond acceptors (Lipinski definition) is 3. The van der Waals surface area contributed by atoms with E-state index in [4.69, 9.17) is 4.74 Å². The normalized spacial score (nSPS) is 20.3. The van der Waals surface area contributed by atoms with Crippen LogP contribution in [0.3, 0.4) is 0 Å². The van der Waals surface area contributed by atoms with E-state index in [1.165, 1.54) is 0 Å². The average Bonchev–Trinajstić information content (AvgIpc) is 2.56. The molecule has 0 bridgehead atoms. The zero-order valence-electron chi connectivity index (χ0n) is 11.6. The molecule has 1 fully saturated rings. The summed E-state index contributed by atoms with van der Waals surface area (Å²) in [6, 6.07) is 17.9. The number of sulfonamides is 1. The molecule has 1 heterocycles. The van der Waals surface area contributed by atoms with Crippen LogP contribution in [0.4, 0.5) is 0 Å². The van der Waals surface area contributed by atoms with Crippen LogP contribution in [0, 0.1) is 0 Å².